The zero-order valence-electron chi connectivity index (χ0n) is 12.2. The average molecular weight is 281 g/mol. The van der Waals surface area contributed by atoms with Crippen LogP contribution in [0.1, 0.15) is 43.9 Å². The van der Waals surface area contributed by atoms with Crippen LogP contribution in [-0.2, 0) is 0 Å². The number of hydrogen-bond donors (Lipinski definition) is 1. The molecule has 1 fully saturated rings. The van der Waals surface area contributed by atoms with Crippen molar-refractivity contribution in [3.63, 3.8) is 0 Å². The van der Waals surface area contributed by atoms with Gasteiger partial charge in [0.1, 0.15) is 0 Å². The Morgan fingerprint density at radius 1 is 1.42 bits per heavy atom. The lowest BCUT2D eigenvalue weighted by atomic mass is 9.96. The van der Waals surface area contributed by atoms with E-state index in [4.69, 9.17) is 17.3 Å². The van der Waals surface area contributed by atoms with Gasteiger partial charge in [-0.3, -0.25) is 4.90 Å². The number of likely N-dealkylation sites (tertiary alicyclic amines) is 1. The molecule has 0 aromatic heterocycles. The van der Waals surface area contributed by atoms with Crippen molar-refractivity contribution < 1.29 is 0 Å². The molecule has 1 aliphatic heterocycles. The van der Waals surface area contributed by atoms with Crippen LogP contribution in [0.15, 0.2) is 18.2 Å². The maximum absolute atomic E-state index is 6.08. The molecule has 1 aromatic rings. The lowest BCUT2D eigenvalue weighted by Crippen LogP contribution is -2.40. The Labute approximate surface area is 121 Å². The molecular formula is C16H25ClN2. The molecule has 1 aromatic carbocycles. The fourth-order valence-corrected chi connectivity index (χ4v) is 3.60. The molecule has 106 valence electrons. The number of aryl methyl sites for hydroxylation is 1. The van der Waals surface area contributed by atoms with E-state index in [1.54, 1.807) is 0 Å². The van der Waals surface area contributed by atoms with Crippen molar-refractivity contribution in [1.29, 1.82) is 0 Å². The first-order chi connectivity index (χ1) is 9.04. The van der Waals surface area contributed by atoms with Crippen molar-refractivity contribution >= 4 is 11.6 Å². The van der Waals surface area contributed by atoms with Gasteiger partial charge in [0.05, 0.1) is 0 Å². The first-order valence-electron chi connectivity index (χ1n) is 7.26. The van der Waals surface area contributed by atoms with E-state index in [1.165, 1.54) is 24.0 Å². The zero-order valence-corrected chi connectivity index (χ0v) is 13.0. The highest BCUT2D eigenvalue weighted by Crippen LogP contribution is 2.34. The average Bonchev–Trinajstić information content (AvgIpc) is 2.82. The van der Waals surface area contributed by atoms with Crippen molar-refractivity contribution in [2.45, 2.75) is 45.7 Å². The fourth-order valence-electron chi connectivity index (χ4n) is 3.37. The Bertz CT molecular complexity index is 431. The van der Waals surface area contributed by atoms with E-state index in [1.807, 2.05) is 12.1 Å². The van der Waals surface area contributed by atoms with Gasteiger partial charge < -0.3 is 5.73 Å². The molecule has 2 N–H and O–H groups in total. The van der Waals surface area contributed by atoms with E-state index < -0.39 is 0 Å². The minimum Gasteiger partial charge on any atom is -0.329 e. The summed E-state index contributed by atoms with van der Waals surface area (Å²) in [6, 6.07) is 7.15. The van der Waals surface area contributed by atoms with Crippen LogP contribution >= 0.6 is 11.6 Å². The summed E-state index contributed by atoms with van der Waals surface area (Å²) in [6.07, 6.45) is 2.58. The molecule has 0 radical (unpaired) electrons. The third-order valence-corrected chi connectivity index (χ3v) is 4.56. The van der Waals surface area contributed by atoms with Gasteiger partial charge in [0.2, 0.25) is 0 Å². The van der Waals surface area contributed by atoms with Crippen LogP contribution in [-0.4, -0.2) is 24.0 Å². The minimum absolute atomic E-state index is 0.326. The zero-order chi connectivity index (χ0) is 14.0. The molecule has 0 spiro atoms. The van der Waals surface area contributed by atoms with E-state index >= 15 is 0 Å². The Kier molecular flexibility index (Phi) is 4.88. The molecule has 0 saturated carbocycles. The molecule has 0 amide bonds. The maximum Gasteiger partial charge on any atom is 0.0476 e. The predicted molar refractivity (Wildman–Crippen MR) is 82.6 cm³/mol. The van der Waals surface area contributed by atoms with E-state index in [-0.39, 0.29) is 0 Å². The standard InChI is InChI=1S/C16H25ClN2/c1-11(2)15-5-4-8-19(15)16(10-18)14-7-6-13(17)9-12(14)3/h6-7,9,11,15-16H,4-5,8,10,18H2,1-3H3. The molecule has 0 bridgehead atoms. The number of nitrogens with zero attached hydrogens (tertiary/aromatic N) is 1. The Morgan fingerprint density at radius 2 is 2.16 bits per heavy atom. The third-order valence-electron chi connectivity index (χ3n) is 4.33. The summed E-state index contributed by atoms with van der Waals surface area (Å²) in [4.78, 5) is 2.60. The van der Waals surface area contributed by atoms with Gasteiger partial charge in [-0.05, 0) is 55.5 Å². The van der Waals surface area contributed by atoms with Crippen molar-refractivity contribution in [2.24, 2.45) is 11.7 Å². The molecule has 2 nitrogen and oxygen atoms in total. The van der Waals surface area contributed by atoms with E-state index in [9.17, 15) is 0 Å². The van der Waals surface area contributed by atoms with Gasteiger partial charge in [-0.1, -0.05) is 31.5 Å². The summed E-state index contributed by atoms with van der Waals surface area (Å²) in [5, 5.41) is 0.804. The largest absolute Gasteiger partial charge is 0.329 e. The summed E-state index contributed by atoms with van der Waals surface area (Å²) < 4.78 is 0. The van der Waals surface area contributed by atoms with Gasteiger partial charge in [0.25, 0.3) is 0 Å². The second-order valence-corrected chi connectivity index (χ2v) is 6.38. The summed E-state index contributed by atoms with van der Waals surface area (Å²) in [7, 11) is 0. The second kappa shape index (κ2) is 6.25. The summed E-state index contributed by atoms with van der Waals surface area (Å²) in [6.45, 7) is 8.58. The quantitative estimate of drug-likeness (QED) is 0.910. The van der Waals surface area contributed by atoms with Crippen molar-refractivity contribution in [2.75, 3.05) is 13.1 Å². The van der Waals surface area contributed by atoms with Crippen LogP contribution in [0.2, 0.25) is 5.02 Å². The SMILES string of the molecule is Cc1cc(Cl)ccc1C(CN)N1CCCC1C(C)C. The second-order valence-electron chi connectivity index (χ2n) is 5.94. The fraction of sp³-hybridized carbons (Fsp3) is 0.625. The van der Waals surface area contributed by atoms with Crippen LogP contribution in [0.3, 0.4) is 0 Å². The Balaban J connectivity index is 2.28. The van der Waals surface area contributed by atoms with Crippen molar-refractivity contribution in [1.82, 2.24) is 4.90 Å². The highest BCUT2D eigenvalue weighted by Gasteiger charge is 2.33. The van der Waals surface area contributed by atoms with E-state index in [0.29, 0.717) is 24.5 Å². The number of benzene rings is 1. The predicted octanol–water partition coefficient (Wildman–Crippen LogP) is 3.77. The summed E-state index contributed by atoms with van der Waals surface area (Å²) in [5.74, 6) is 0.684. The van der Waals surface area contributed by atoms with Crippen LogP contribution in [0.5, 0.6) is 0 Å². The number of hydrogen-bond acceptors (Lipinski definition) is 2. The van der Waals surface area contributed by atoms with E-state index in [0.717, 1.165) is 11.6 Å². The van der Waals surface area contributed by atoms with Crippen LogP contribution in [0.4, 0.5) is 0 Å². The Morgan fingerprint density at radius 3 is 2.74 bits per heavy atom. The van der Waals surface area contributed by atoms with Crippen LogP contribution in [0.25, 0.3) is 0 Å². The van der Waals surface area contributed by atoms with Crippen LogP contribution < -0.4 is 5.73 Å². The van der Waals surface area contributed by atoms with Crippen LogP contribution in [0, 0.1) is 12.8 Å². The van der Waals surface area contributed by atoms with Crippen molar-refractivity contribution in [3.8, 4) is 0 Å². The topological polar surface area (TPSA) is 29.3 Å². The molecule has 0 aliphatic carbocycles. The monoisotopic (exact) mass is 280 g/mol. The smallest absolute Gasteiger partial charge is 0.0476 e. The van der Waals surface area contributed by atoms with Gasteiger partial charge in [-0.25, -0.2) is 0 Å². The van der Waals surface area contributed by atoms with Crippen molar-refractivity contribution in [3.05, 3.63) is 34.3 Å². The van der Waals surface area contributed by atoms with Gasteiger partial charge in [0.15, 0.2) is 0 Å². The first kappa shape index (κ1) is 14.8. The molecule has 3 heteroatoms. The number of rotatable bonds is 4. The molecule has 2 rings (SSSR count). The molecule has 2 atom stereocenters. The lowest BCUT2D eigenvalue weighted by Gasteiger charge is -2.35. The number of halogens is 1. The molecule has 2 unspecified atom stereocenters. The molecule has 1 heterocycles. The minimum atomic E-state index is 0.326. The Hall–Kier alpha value is -0.570. The van der Waals surface area contributed by atoms with Gasteiger partial charge in [-0.2, -0.15) is 0 Å². The summed E-state index contributed by atoms with van der Waals surface area (Å²) in [5.41, 5.74) is 8.66. The summed E-state index contributed by atoms with van der Waals surface area (Å²) >= 11 is 6.06. The normalized spacial score (nSPS) is 22.1. The number of nitrogens with two attached hydrogens (primary N) is 1. The first-order valence-corrected chi connectivity index (χ1v) is 7.64. The van der Waals surface area contributed by atoms with Gasteiger partial charge in [0, 0.05) is 23.7 Å². The lowest BCUT2D eigenvalue weighted by molar-refractivity contribution is 0.149. The molecule has 1 aliphatic rings. The highest BCUT2D eigenvalue weighted by molar-refractivity contribution is 6.30. The van der Waals surface area contributed by atoms with Gasteiger partial charge >= 0.3 is 0 Å². The van der Waals surface area contributed by atoms with E-state index in [2.05, 4.69) is 31.7 Å². The third kappa shape index (κ3) is 3.13. The molecule has 1 saturated heterocycles. The molecular weight excluding hydrogens is 256 g/mol. The van der Waals surface area contributed by atoms with Gasteiger partial charge in [-0.15, -0.1) is 0 Å². The highest BCUT2D eigenvalue weighted by atomic mass is 35.5. The molecule has 19 heavy (non-hydrogen) atoms. The maximum atomic E-state index is 6.08.